The number of amides is 1. The molecule has 0 aliphatic carbocycles. The largest absolute Gasteiger partial charge is 0.467 e. The Kier molecular flexibility index (Phi) is 7.49. The number of aliphatic hydroxyl groups excluding tert-OH is 1. The van der Waals surface area contributed by atoms with E-state index in [4.69, 9.17) is 5.73 Å². The van der Waals surface area contributed by atoms with Crippen molar-refractivity contribution in [3.05, 3.63) is 0 Å². The highest BCUT2D eigenvalue weighted by atomic mass is 16.5. The summed E-state index contributed by atoms with van der Waals surface area (Å²) in [5.74, 6) is -1.04. The third-order valence-electron chi connectivity index (χ3n) is 2.07. The average molecular weight is 232 g/mol. The standard InChI is InChI=1S/C10H20N2O4/c1-3-4-7(11)5-9(14)12-6-8(13)10(15)16-2/h7-8,13H,3-6,11H2,1-2H3,(H,12,14). The van der Waals surface area contributed by atoms with Crippen LogP contribution in [-0.4, -0.2) is 42.8 Å². The minimum atomic E-state index is -1.32. The van der Waals surface area contributed by atoms with Crippen molar-refractivity contribution in [3.8, 4) is 0 Å². The Balaban J connectivity index is 3.76. The van der Waals surface area contributed by atoms with Gasteiger partial charge in [0.1, 0.15) is 0 Å². The zero-order valence-corrected chi connectivity index (χ0v) is 9.73. The SMILES string of the molecule is CCCC(N)CC(=O)NCC(O)C(=O)OC. The predicted molar refractivity (Wildman–Crippen MR) is 58.5 cm³/mol. The summed E-state index contributed by atoms with van der Waals surface area (Å²) in [6, 6.07) is -0.180. The quantitative estimate of drug-likeness (QED) is 0.496. The average Bonchev–Trinajstić information content (AvgIpc) is 2.24. The van der Waals surface area contributed by atoms with Crippen LogP contribution in [0, 0.1) is 0 Å². The molecular formula is C10H20N2O4. The second kappa shape index (κ2) is 8.06. The fraction of sp³-hybridized carbons (Fsp3) is 0.800. The zero-order valence-electron chi connectivity index (χ0n) is 9.73. The summed E-state index contributed by atoms with van der Waals surface area (Å²) >= 11 is 0. The Morgan fingerprint density at radius 2 is 2.12 bits per heavy atom. The highest BCUT2D eigenvalue weighted by molar-refractivity contribution is 5.79. The molecule has 0 radical (unpaired) electrons. The molecule has 4 N–H and O–H groups in total. The van der Waals surface area contributed by atoms with Crippen LogP contribution in [0.25, 0.3) is 0 Å². The molecule has 1 amide bonds. The van der Waals surface area contributed by atoms with E-state index in [-0.39, 0.29) is 24.9 Å². The predicted octanol–water partition coefficient (Wildman–Crippen LogP) is -0.846. The van der Waals surface area contributed by atoms with Crippen molar-refractivity contribution >= 4 is 11.9 Å². The number of esters is 1. The van der Waals surface area contributed by atoms with E-state index in [9.17, 15) is 14.7 Å². The maximum atomic E-state index is 11.3. The molecule has 0 heterocycles. The molecule has 0 aromatic rings. The van der Waals surface area contributed by atoms with Gasteiger partial charge in [-0.2, -0.15) is 0 Å². The Bertz CT molecular complexity index is 233. The van der Waals surface area contributed by atoms with E-state index in [0.29, 0.717) is 0 Å². The molecule has 0 aliphatic rings. The van der Waals surface area contributed by atoms with Gasteiger partial charge in [0.05, 0.1) is 13.7 Å². The number of methoxy groups -OCH3 is 1. The van der Waals surface area contributed by atoms with Gasteiger partial charge in [-0.1, -0.05) is 13.3 Å². The maximum absolute atomic E-state index is 11.3. The molecule has 2 atom stereocenters. The third kappa shape index (κ3) is 6.36. The van der Waals surface area contributed by atoms with Crippen LogP contribution < -0.4 is 11.1 Å². The Morgan fingerprint density at radius 1 is 1.50 bits per heavy atom. The summed E-state index contributed by atoms with van der Waals surface area (Å²) in [7, 11) is 1.17. The molecule has 0 saturated heterocycles. The minimum absolute atomic E-state index is 0.148. The van der Waals surface area contributed by atoms with Gasteiger partial charge in [0.25, 0.3) is 0 Å². The number of carbonyl (C=O) groups is 2. The Morgan fingerprint density at radius 3 is 2.62 bits per heavy atom. The van der Waals surface area contributed by atoms with Gasteiger partial charge in [-0.05, 0) is 6.42 Å². The van der Waals surface area contributed by atoms with E-state index in [1.165, 1.54) is 7.11 Å². The molecule has 0 bridgehead atoms. The summed E-state index contributed by atoms with van der Waals surface area (Å²) in [5, 5.41) is 11.6. The lowest BCUT2D eigenvalue weighted by Gasteiger charge is -2.12. The van der Waals surface area contributed by atoms with E-state index < -0.39 is 12.1 Å². The highest BCUT2D eigenvalue weighted by Gasteiger charge is 2.16. The molecule has 0 aromatic heterocycles. The number of hydrogen-bond acceptors (Lipinski definition) is 5. The minimum Gasteiger partial charge on any atom is -0.467 e. The van der Waals surface area contributed by atoms with Crippen molar-refractivity contribution < 1.29 is 19.4 Å². The molecule has 0 saturated carbocycles. The first-order valence-corrected chi connectivity index (χ1v) is 5.29. The zero-order chi connectivity index (χ0) is 12.6. The summed E-state index contributed by atoms with van der Waals surface area (Å²) in [6.07, 6.45) is 0.560. The Labute approximate surface area is 95.1 Å². The van der Waals surface area contributed by atoms with Gasteiger partial charge in [-0.3, -0.25) is 4.79 Å². The summed E-state index contributed by atoms with van der Waals surface area (Å²) in [4.78, 5) is 22.1. The molecule has 0 aromatic carbocycles. The number of hydrogen-bond donors (Lipinski definition) is 3. The lowest BCUT2D eigenvalue weighted by Crippen LogP contribution is -2.39. The number of nitrogens with two attached hydrogens (primary N) is 1. The van der Waals surface area contributed by atoms with Crippen molar-refractivity contribution in [2.24, 2.45) is 5.73 Å². The second-order valence-electron chi connectivity index (χ2n) is 3.60. The van der Waals surface area contributed by atoms with Gasteiger partial charge < -0.3 is 20.9 Å². The smallest absolute Gasteiger partial charge is 0.336 e. The number of ether oxygens (including phenoxy) is 1. The van der Waals surface area contributed by atoms with Gasteiger partial charge in [0.15, 0.2) is 6.10 Å². The molecule has 0 aliphatic heterocycles. The number of aliphatic hydroxyl groups is 1. The summed E-state index contributed by atoms with van der Waals surface area (Å²) in [5.41, 5.74) is 5.66. The second-order valence-corrected chi connectivity index (χ2v) is 3.60. The van der Waals surface area contributed by atoms with E-state index in [2.05, 4.69) is 10.1 Å². The Hall–Kier alpha value is -1.14. The fourth-order valence-electron chi connectivity index (χ4n) is 1.21. The van der Waals surface area contributed by atoms with Crippen LogP contribution >= 0.6 is 0 Å². The summed E-state index contributed by atoms with van der Waals surface area (Å²) < 4.78 is 4.30. The third-order valence-corrected chi connectivity index (χ3v) is 2.07. The monoisotopic (exact) mass is 232 g/mol. The van der Waals surface area contributed by atoms with Crippen LogP contribution in [0.3, 0.4) is 0 Å². The fourth-order valence-corrected chi connectivity index (χ4v) is 1.21. The van der Waals surface area contributed by atoms with Crippen LogP contribution in [0.15, 0.2) is 0 Å². The first-order chi connectivity index (χ1) is 7.51. The first kappa shape index (κ1) is 14.9. The van der Waals surface area contributed by atoms with Crippen molar-refractivity contribution in [1.29, 1.82) is 0 Å². The summed E-state index contributed by atoms with van der Waals surface area (Å²) in [6.45, 7) is 1.84. The van der Waals surface area contributed by atoms with Crippen molar-refractivity contribution in [1.82, 2.24) is 5.32 Å². The normalized spacial score (nSPS) is 14.0. The van der Waals surface area contributed by atoms with E-state index in [0.717, 1.165) is 12.8 Å². The molecule has 16 heavy (non-hydrogen) atoms. The first-order valence-electron chi connectivity index (χ1n) is 5.29. The van der Waals surface area contributed by atoms with Crippen LogP contribution in [0.1, 0.15) is 26.2 Å². The van der Waals surface area contributed by atoms with Crippen LogP contribution in [0.2, 0.25) is 0 Å². The molecule has 94 valence electrons. The van der Waals surface area contributed by atoms with Crippen LogP contribution in [0.4, 0.5) is 0 Å². The van der Waals surface area contributed by atoms with Crippen molar-refractivity contribution in [3.63, 3.8) is 0 Å². The lowest BCUT2D eigenvalue weighted by molar-refractivity contribution is -0.150. The molecule has 6 nitrogen and oxygen atoms in total. The van der Waals surface area contributed by atoms with Gasteiger partial charge >= 0.3 is 5.97 Å². The number of carbonyl (C=O) groups excluding carboxylic acids is 2. The highest BCUT2D eigenvalue weighted by Crippen LogP contribution is 1.98. The number of nitrogens with one attached hydrogen (secondary N) is 1. The molecule has 2 unspecified atom stereocenters. The molecule has 0 fully saturated rings. The number of rotatable bonds is 7. The van der Waals surface area contributed by atoms with Crippen LogP contribution in [0.5, 0.6) is 0 Å². The molecule has 0 spiro atoms. The topological polar surface area (TPSA) is 102 Å². The lowest BCUT2D eigenvalue weighted by atomic mass is 10.1. The van der Waals surface area contributed by atoms with Crippen molar-refractivity contribution in [2.45, 2.75) is 38.3 Å². The van der Waals surface area contributed by atoms with Crippen molar-refractivity contribution in [2.75, 3.05) is 13.7 Å². The van der Waals surface area contributed by atoms with Crippen LogP contribution in [-0.2, 0) is 14.3 Å². The maximum Gasteiger partial charge on any atom is 0.336 e. The molecule has 6 heteroatoms. The van der Waals surface area contributed by atoms with Gasteiger partial charge in [0.2, 0.25) is 5.91 Å². The van der Waals surface area contributed by atoms with Gasteiger partial charge in [-0.15, -0.1) is 0 Å². The van der Waals surface area contributed by atoms with E-state index in [1.807, 2.05) is 6.92 Å². The molecule has 0 rings (SSSR count). The van der Waals surface area contributed by atoms with Gasteiger partial charge in [0, 0.05) is 12.5 Å². The molecular weight excluding hydrogens is 212 g/mol. The van der Waals surface area contributed by atoms with E-state index in [1.54, 1.807) is 0 Å². The van der Waals surface area contributed by atoms with E-state index >= 15 is 0 Å². The van der Waals surface area contributed by atoms with Gasteiger partial charge in [-0.25, -0.2) is 4.79 Å².